The maximum atomic E-state index is 11.7. The number of rotatable bonds is 1. The normalized spacial score (nSPS) is 10.8. The fourth-order valence-corrected chi connectivity index (χ4v) is 1.48. The summed E-state index contributed by atoms with van der Waals surface area (Å²) in [6.07, 6.45) is 4.75. The molecule has 78 valence electrons. The van der Waals surface area contributed by atoms with Gasteiger partial charge in [0.05, 0.1) is 6.20 Å². The number of hydrogen-bond donors (Lipinski definition) is 2. The average molecular weight is 213 g/mol. The van der Waals surface area contributed by atoms with E-state index in [9.17, 15) is 4.79 Å². The third kappa shape index (κ3) is 1.28. The summed E-state index contributed by atoms with van der Waals surface area (Å²) in [6, 6.07) is 3.61. The van der Waals surface area contributed by atoms with E-state index in [1.54, 1.807) is 18.5 Å². The summed E-state index contributed by atoms with van der Waals surface area (Å²) in [7, 11) is 0. The standard InChI is InChI=1S/C10H7N5O/c16-10-7-5-12-15-9(7)13-8(14-10)6-2-1-3-11-4-6/h1-5H,(H2,12,13,14,15,16). The number of pyridine rings is 1. The van der Waals surface area contributed by atoms with Crippen LogP contribution in [0.25, 0.3) is 22.4 Å². The van der Waals surface area contributed by atoms with Gasteiger partial charge in [-0.3, -0.25) is 14.9 Å². The third-order valence-electron chi connectivity index (χ3n) is 2.25. The first-order valence-electron chi connectivity index (χ1n) is 4.68. The smallest absolute Gasteiger partial charge is 0.262 e. The Bertz CT molecular complexity index is 685. The minimum atomic E-state index is -0.211. The van der Waals surface area contributed by atoms with Crippen molar-refractivity contribution in [3.05, 3.63) is 41.1 Å². The monoisotopic (exact) mass is 213 g/mol. The summed E-state index contributed by atoms with van der Waals surface area (Å²) in [6.45, 7) is 0. The van der Waals surface area contributed by atoms with Gasteiger partial charge in [0, 0.05) is 18.0 Å². The molecule has 0 unspecified atom stereocenters. The van der Waals surface area contributed by atoms with Crippen molar-refractivity contribution in [1.82, 2.24) is 25.1 Å². The van der Waals surface area contributed by atoms with E-state index in [1.807, 2.05) is 6.07 Å². The topological polar surface area (TPSA) is 87.3 Å². The molecule has 0 aliphatic carbocycles. The highest BCUT2D eigenvalue weighted by atomic mass is 16.1. The van der Waals surface area contributed by atoms with Crippen molar-refractivity contribution in [3.63, 3.8) is 0 Å². The number of H-pyrrole nitrogens is 2. The molecule has 0 radical (unpaired) electrons. The van der Waals surface area contributed by atoms with Crippen molar-refractivity contribution in [2.45, 2.75) is 0 Å². The lowest BCUT2D eigenvalue weighted by molar-refractivity contribution is 1.09. The van der Waals surface area contributed by atoms with Crippen LogP contribution in [0, 0.1) is 0 Å². The van der Waals surface area contributed by atoms with E-state index in [4.69, 9.17) is 0 Å². The molecule has 3 aromatic rings. The fourth-order valence-electron chi connectivity index (χ4n) is 1.48. The largest absolute Gasteiger partial charge is 0.306 e. The molecule has 0 saturated heterocycles. The van der Waals surface area contributed by atoms with Crippen LogP contribution in [0.15, 0.2) is 35.5 Å². The Morgan fingerprint density at radius 3 is 3.00 bits per heavy atom. The summed E-state index contributed by atoms with van der Waals surface area (Å²) in [5.41, 5.74) is 1.02. The van der Waals surface area contributed by atoms with Crippen molar-refractivity contribution in [2.75, 3.05) is 0 Å². The lowest BCUT2D eigenvalue weighted by atomic mass is 10.2. The Labute approximate surface area is 89.4 Å². The van der Waals surface area contributed by atoms with Crippen LogP contribution in [0.3, 0.4) is 0 Å². The van der Waals surface area contributed by atoms with Gasteiger partial charge < -0.3 is 4.98 Å². The van der Waals surface area contributed by atoms with Crippen molar-refractivity contribution in [1.29, 1.82) is 0 Å². The number of aromatic nitrogens is 5. The lowest BCUT2D eigenvalue weighted by Crippen LogP contribution is -2.08. The highest BCUT2D eigenvalue weighted by Gasteiger charge is 2.06. The first-order valence-corrected chi connectivity index (χ1v) is 4.68. The third-order valence-corrected chi connectivity index (χ3v) is 2.25. The Morgan fingerprint density at radius 2 is 2.19 bits per heavy atom. The van der Waals surface area contributed by atoms with Gasteiger partial charge >= 0.3 is 0 Å². The molecule has 6 heteroatoms. The molecule has 0 spiro atoms. The molecule has 0 saturated carbocycles. The second-order valence-electron chi connectivity index (χ2n) is 3.29. The number of nitrogens with one attached hydrogen (secondary N) is 2. The minimum Gasteiger partial charge on any atom is -0.306 e. The number of fused-ring (bicyclic) bond motifs is 1. The van der Waals surface area contributed by atoms with Gasteiger partial charge in [0.25, 0.3) is 5.56 Å². The number of aromatic amines is 2. The van der Waals surface area contributed by atoms with Crippen LogP contribution in [-0.4, -0.2) is 25.1 Å². The van der Waals surface area contributed by atoms with Crippen LogP contribution in [0.1, 0.15) is 0 Å². The van der Waals surface area contributed by atoms with Crippen molar-refractivity contribution >= 4 is 11.0 Å². The zero-order valence-electron chi connectivity index (χ0n) is 8.14. The van der Waals surface area contributed by atoms with Gasteiger partial charge in [-0.05, 0) is 12.1 Å². The van der Waals surface area contributed by atoms with Crippen LogP contribution in [0.4, 0.5) is 0 Å². The molecule has 0 bridgehead atoms. The quantitative estimate of drug-likeness (QED) is 0.623. The molecule has 0 aliphatic rings. The van der Waals surface area contributed by atoms with E-state index >= 15 is 0 Å². The van der Waals surface area contributed by atoms with E-state index in [2.05, 4.69) is 25.1 Å². The predicted octanol–water partition coefficient (Wildman–Crippen LogP) is 0.708. The van der Waals surface area contributed by atoms with Gasteiger partial charge in [-0.25, -0.2) is 4.98 Å². The Hall–Kier alpha value is -2.50. The van der Waals surface area contributed by atoms with E-state index < -0.39 is 0 Å². The lowest BCUT2D eigenvalue weighted by Gasteiger charge is -1.98. The predicted molar refractivity (Wildman–Crippen MR) is 57.7 cm³/mol. The molecular formula is C10H7N5O. The number of nitrogens with zero attached hydrogens (tertiary/aromatic N) is 3. The molecule has 0 aromatic carbocycles. The Morgan fingerprint density at radius 1 is 1.25 bits per heavy atom. The highest BCUT2D eigenvalue weighted by molar-refractivity contribution is 5.74. The molecule has 0 aliphatic heterocycles. The van der Waals surface area contributed by atoms with Crippen LogP contribution in [-0.2, 0) is 0 Å². The van der Waals surface area contributed by atoms with Gasteiger partial charge in [-0.1, -0.05) is 0 Å². The molecule has 6 nitrogen and oxygen atoms in total. The van der Waals surface area contributed by atoms with Gasteiger partial charge in [0.15, 0.2) is 5.65 Å². The molecular weight excluding hydrogens is 206 g/mol. The van der Waals surface area contributed by atoms with Gasteiger partial charge in [-0.2, -0.15) is 5.10 Å². The zero-order valence-corrected chi connectivity index (χ0v) is 8.14. The molecule has 0 amide bonds. The Kier molecular flexibility index (Phi) is 1.79. The summed E-state index contributed by atoms with van der Waals surface area (Å²) in [4.78, 5) is 22.6. The van der Waals surface area contributed by atoms with Crippen molar-refractivity contribution in [3.8, 4) is 11.4 Å². The van der Waals surface area contributed by atoms with Crippen molar-refractivity contribution < 1.29 is 0 Å². The molecule has 3 heterocycles. The van der Waals surface area contributed by atoms with Gasteiger partial charge in [-0.15, -0.1) is 0 Å². The fraction of sp³-hybridized carbons (Fsp3) is 0. The second kappa shape index (κ2) is 3.27. The summed E-state index contributed by atoms with van der Waals surface area (Å²) < 4.78 is 0. The van der Waals surface area contributed by atoms with E-state index in [0.29, 0.717) is 16.9 Å². The summed E-state index contributed by atoms with van der Waals surface area (Å²) >= 11 is 0. The molecule has 0 fully saturated rings. The maximum absolute atomic E-state index is 11.7. The van der Waals surface area contributed by atoms with E-state index in [0.717, 1.165) is 5.56 Å². The number of hydrogen-bond acceptors (Lipinski definition) is 4. The minimum absolute atomic E-state index is 0.211. The van der Waals surface area contributed by atoms with Gasteiger partial charge in [0.1, 0.15) is 11.2 Å². The SMILES string of the molecule is O=c1[nH]c(-c2cccnc2)nc2[nH]ncc12. The molecule has 3 aromatic heterocycles. The summed E-state index contributed by atoms with van der Waals surface area (Å²) in [5.74, 6) is 0.481. The maximum Gasteiger partial charge on any atom is 0.262 e. The molecule has 3 rings (SSSR count). The molecule has 0 atom stereocenters. The van der Waals surface area contributed by atoms with Crippen LogP contribution in [0.5, 0.6) is 0 Å². The first kappa shape index (κ1) is 8.78. The summed E-state index contributed by atoms with van der Waals surface area (Å²) in [5, 5.41) is 6.89. The Balaban J connectivity index is 2.30. The van der Waals surface area contributed by atoms with Gasteiger partial charge in [0.2, 0.25) is 0 Å². The second-order valence-corrected chi connectivity index (χ2v) is 3.29. The van der Waals surface area contributed by atoms with Crippen molar-refractivity contribution in [2.24, 2.45) is 0 Å². The first-order chi connectivity index (χ1) is 7.84. The van der Waals surface area contributed by atoms with Crippen LogP contribution in [0.2, 0.25) is 0 Å². The molecule has 2 N–H and O–H groups in total. The highest BCUT2D eigenvalue weighted by Crippen LogP contribution is 2.12. The molecule has 16 heavy (non-hydrogen) atoms. The average Bonchev–Trinajstić information content (AvgIpc) is 2.79. The van der Waals surface area contributed by atoms with Crippen LogP contribution < -0.4 is 5.56 Å². The van der Waals surface area contributed by atoms with E-state index in [1.165, 1.54) is 6.20 Å². The van der Waals surface area contributed by atoms with E-state index in [-0.39, 0.29) is 5.56 Å². The van der Waals surface area contributed by atoms with Crippen LogP contribution >= 0.6 is 0 Å². The zero-order chi connectivity index (χ0) is 11.0.